The van der Waals surface area contributed by atoms with E-state index in [4.69, 9.17) is 17.4 Å². The Morgan fingerprint density at radius 3 is 2.16 bits per heavy atom. The molecule has 0 heterocycles. The van der Waals surface area contributed by atoms with Crippen LogP contribution in [0.4, 0.5) is 0 Å². The summed E-state index contributed by atoms with van der Waals surface area (Å²) < 4.78 is 0. The van der Waals surface area contributed by atoms with E-state index >= 15 is 0 Å². The van der Waals surface area contributed by atoms with Crippen molar-refractivity contribution in [3.05, 3.63) is 70.7 Å². The number of halogens is 1. The first kappa shape index (κ1) is 12.7. The molecule has 1 atom stereocenters. The number of rotatable bonds is 4. The van der Waals surface area contributed by atoms with E-state index < -0.39 is 0 Å². The maximum absolute atomic E-state index is 5.95. The Labute approximate surface area is 118 Å². The number of hydrazine groups is 1. The molecule has 0 bridgehead atoms. The molecule has 1 fully saturated rings. The lowest BCUT2D eigenvalue weighted by atomic mass is 9.84. The fourth-order valence-electron chi connectivity index (χ4n) is 2.88. The van der Waals surface area contributed by atoms with Gasteiger partial charge in [-0.25, -0.2) is 0 Å². The Kier molecular flexibility index (Phi) is 3.31. The molecule has 1 saturated carbocycles. The Bertz CT molecular complexity index is 547. The topological polar surface area (TPSA) is 38.0 Å². The summed E-state index contributed by atoms with van der Waals surface area (Å²) in [6.07, 6.45) is 2.32. The zero-order valence-electron chi connectivity index (χ0n) is 10.6. The summed E-state index contributed by atoms with van der Waals surface area (Å²) in [5, 5.41) is 0.754. The van der Waals surface area contributed by atoms with Gasteiger partial charge in [0.1, 0.15) is 0 Å². The van der Waals surface area contributed by atoms with Gasteiger partial charge >= 0.3 is 0 Å². The van der Waals surface area contributed by atoms with Crippen LogP contribution in [0.25, 0.3) is 0 Å². The molecule has 1 unspecified atom stereocenters. The molecule has 3 rings (SSSR count). The summed E-state index contributed by atoms with van der Waals surface area (Å²) in [6, 6.07) is 18.7. The van der Waals surface area contributed by atoms with Crippen molar-refractivity contribution in [2.24, 2.45) is 5.84 Å². The van der Waals surface area contributed by atoms with E-state index in [-0.39, 0.29) is 11.5 Å². The summed E-state index contributed by atoms with van der Waals surface area (Å²) in [5.41, 5.74) is 5.67. The predicted molar refractivity (Wildman–Crippen MR) is 78.9 cm³/mol. The van der Waals surface area contributed by atoms with E-state index in [1.54, 1.807) is 0 Å². The first-order valence-corrected chi connectivity index (χ1v) is 6.91. The van der Waals surface area contributed by atoms with Crippen LogP contribution in [0, 0.1) is 0 Å². The van der Waals surface area contributed by atoms with Crippen molar-refractivity contribution in [1.82, 2.24) is 5.43 Å². The summed E-state index contributed by atoms with van der Waals surface area (Å²) >= 11 is 5.95. The van der Waals surface area contributed by atoms with Gasteiger partial charge in [0.05, 0.1) is 6.04 Å². The van der Waals surface area contributed by atoms with Gasteiger partial charge in [0.2, 0.25) is 0 Å². The van der Waals surface area contributed by atoms with Crippen molar-refractivity contribution < 1.29 is 0 Å². The highest BCUT2D eigenvalue weighted by molar-refractivity contribution is 6.30. The highest BCUT2D eigenvalue weighted by Gasteiger charge is 2.50. The average molecular weight is 273 g/mol. The Hall–Kier alpha value is -1.35. The van der Waals surface area contributed by atoms with E-state index in [0.717, 1.165) is 17.9 Å². The number of nitrogens with one attached hydrogen (secondary N) is 1. The molecule has 98 valence electrons. The van der Waals surface area contributed by atoms with E-state index in [2.05, 4.69) is 41.8 Å². The van der Waals surface area contributed by atoms with Crippen LogP contribution in [-0.4, -0.2) is 0 Å². The number of nitrogens with two attached hydrogens (primary N) is 1. The molecule has 0 spiro atoms. The Morgan fingerprint density at radius 1 is 1.00 bits per heavy atom. The van der Waals surface area contributed by atoms with Gasteiger partial charge < -0.3 is 0 Å². The number of benzene rings is 2. The molecular weight excluding hydrogens is 256 g/mol. The van der Waals surface area contributed by atoms with Crippen molar-refractivity contribution in [3.63, 3.8) is 0 Å². The molecule has 19 heavy (non-hydrogen) atoms. The SMILES string of the molecule is NNC(c1ccc(Cl)cc1)C1(c2ccccc2)CC1. The third kappa shape index (κ3) is 2.27. The number of hydrogen-bond donors (Lipinski definition) is 2. The zero-order chi connectivity index (χ0) is 13.3. The smallest absolute Gasteiger partial charge is 0.0556 e. The third-order valence-electron chi connectivity index (χ3n) is 4.06. The van der Waals surface area contributed by atoms with Crippen LogP contribution in [0.15, 0.2) is 54.6 Å². The molecule has 0 aromatic heterocycles. The molecule has 0 radical (unpaired) electrons. The Balaban J connectivity index is 1.97. The second-order valence-corrected chi connectivity index (χ2v) is 5.61. The van der Waals surface area contributed by atoms with Crippen molar-refractivity contribution in [2.75, 3.05) is 0 Å². The standard InChI is InChI=1S/C16H17ClN2/c17-14-8-6-12(7-9-14)15(19-18)16(10-11-16)13-4-2-1-3-5-13/h1-9,15,19H,10-11,18H2. The summed E-state index contributed by atoms with van der Waals surface area (Å²) in [7, 11) is 0. The average Bonchev–Trinajstić information content (AvgIpc) is 3.24. The molecule has 0 aliphatic heterocycles. The van der Waals surface area contributed by atoms with Crippen LogP contribution in [-0.2, 0) is 5.41 Å². The number of hydrogen-bond acceptors (Lipinski definition) is 2. The van der Waals surface area contributed by atoms with Crippen LogP contribution in [0.2, 0.25) is 5.02 Å². The monoisotopic (exact) mass is 272 g/mol. The van der Waals surface area contributed by atoms with Crippen molar-refractivity contribution in [3.8, 4) is 0 Å². The van der Waals surface area contributed by atoms with Gasteiger partial charge in [0.15, 0.2) is 0 Å². The zero-order valence-corrected chi connectivity index (χ0v) is 11.4. The summed E-state index contributed by atoms with van der Waals surface area (Å²) in [4.78, 5) is 0. The summed E-state index contributed by atoms with van der Waals surface area (Å²) in [5.74, 6) is 5.82. The van der Waals surface area contributed by atoms with E-state index in [9.17, 15) is 0 Å². The predicted octanol–water partition coefficient (Wildman–Crippen LogP) is 3.58. The normalized spacial score (nSPS) is 18.0. The van der Waals surface area contributed by atoms with Crippen LogP contribution in [0.5, 0.6) is 0 Å². The van der Waals surface area contributed by atoms with Gasteiger partial charge in [-0.15, -0.1) is 0 Å². The lowest BCUT2D eigenvalue weighted by Crippen LogP contribution is -2.36. The van der Waals surface area contributed by atoms with Crippen molar-refractivity contribution in [1.29, 1.82) is 0 Å². The minimum atomic E-state index is 0.129. The van der Waals surface area contributed by atoms with Crippen LogP contribution in [0.3, 0.4) is 0 Å². The van der Waals surface area contributed by atoms with E-state index in [0.29, 0.717) is 0 Å². The lowest BCUT2D eigenvalue weighted by Gasteiger charge is -2.27. The highest BCUT2D eigenvalue weighted by Crippen LogP contribution is 2.56. The quantitative estimate of drug-likeness (QED) is 0.660. The van der Waals surface area contributed by atoms with Gasteiger partial charge in [0, 0.05) is 10.4 Å². The molecule has 1 aliphatic carbocycles. The third-order valence-corrected chi connectivity index (χ3v) is 4.31. The van der Waals surface area contributed by atoms with Crippen molar-refractivity contribution in [2.45, 2.75) is 24.3 Å². The van der Waals surface area contributed by atoms with Crippen molar-refractivity contribution >= 4 is 11.6 Å². The maximum atomic E-state index is 5.95. The molecule has 2 aromatic rings. The first-order valence-electron chi connectivity index (χ1n) is 6.53. The fourth-order valence-corrected chi connectivity index (χ4v) is 3.00. The molecule has 3 N–H and O–H groups in total. The van der Waals surface area contributed by atoms with Gasteiger partial charge in [-0.3, -0.25) is 11.3 Å². The second-order valence-electron chi connectivity index (χ2n) is 5.17. The van der Waals surface area contributed by atoms with Gasteiger partial charge in [-0.1, -0.05) is 54.1 Å². The molecule has 0 saturated heterocycles. The Morgan fingerprint density at radius 2 is 1.63 bits per heavy atom. The summed E-state index contributed by atoms with van der Waals surface area (Å²) in [6.45, 7) is 0. The molecule has 2 aromatic carbocycles. The van der Waals surface area contributed by atoms with Gasteiger partial charge in [0.25, 0.3) is 0 Å². The van der Waals surface area contributed by atoms with Crippen LogP contribution < -0.4 is 11.3 Å². The fraction of sp³-hybridized carbons (Fsp3) is 0.250. The lowest BCUT2D eigenvalue weighted by molar-refractivity contribution is 0.439. The molecule has 2 nitrogen and oxygen atoms in total. The van der Waals surface area contributed by atoms with Gasteiger partial charge in [-0.2, -0.15) is 0 Å². The highest BCUT2D eigenvalue weighted by atomic mass is 35.5. The molecule has 0 amide bonds. The molecular formula is C16H17ClN2. The largest absolute Gasteiger partial charge is 0.271 e. The maximum Gasteiger partial charge on any atom is 0.0556 e. The second kappa shape index (κ2) is 4.97. The van der Waals surface area contributed by atoms with Gasteiger partial charge in [-0.05, 0) is 36.1 Å². The van der Waals surface area contributed by atoms with Crippen LogP contribution >= 0.6 is 11.6 Å². The minimum absolute atomic E-state index is 0.129. The first-order chi connectivity index (χ1) is 9.26. The van der Waals surface area contributed by atoms with E-state index in [1.165, 1.54) is 11.1 Å². The van der Waals surface area contributed by atoms with Crippen LogP contribution in [0.1, 0.15) is 30.0 Å². The molecule has 3 heteroatoms. The van der Waals surface area contributed by atoms with E-state index in [1.807, 2.05) is 18.2 Å². The minimum Gasteiger partial charge on any atom is -0.271 e. The molecule has 1 aliphatic rings.